The lowest BCUT2D eigenvalue weighted by Crippen LogP contribution is -2.01. The molecule has 0 atom stereocenters. The first-order valence-corrected chi connectivity index (χ1v) is 4.46. The highest BCUT2D eigenvalue weighted by Gasteiger charge is 2.09. The maximum absolute atomic E-state index is 8.86. The van der Waals surface area contributed by atoms with Crippen LogP contribution in [-0.4, -0.2) is 14.8 Å². The van der Waals surface area contributed by atoms with Gasteiger partial charge in [-0.1, -0.05) is 11.6 Å². The van der Waals surface area contributed by atoms with Crippen molar-refractivity contribution < 1.29 is 0 Å². The van der Waals surface area contributed by atoms with E-state index in [2.05, 4.69) is 10.1 Å². The van der Waals surface area contributed by atoms with Crippen LogP contribution in [0.4, 0.5) is 5.82 Å². The average Bonchev–Trinajstić information content (AvgIpc) is 2.59. The molecule has 0 unspecified atom stereocenters. The molecule has 2 heterocycles. The third-order valence-electron chi connectivity index (χ3n) is 1.82. The molecule has 2 aromatic rings. The largest absolute Gasteiger partial charge is 0.381 e. The lowest BCUT2D eigenvalue weighted by molar-refractivity contribution is 0.848. The van der Waals surface area contributed by atoms with Crippen LogP contribution in [0.5, 0.6) is 0 Å². The maximum Gasteiger partial charge on any atom is 0.171 e. The van der Waals surface area contributed by atoms with E-state index in [1.54, 1.807) is 18.3 Å². The number of halogens is 1. The van der Waals surface area contributed by atoms with E-state index in [0.29, 0.717) is 16.4 Å². The molecule has 0 amide bonds. The number of nitrogens with two attached hydrogens (primary N) is 1. The highest BCUT2D eigenvalue weighted by atomic mass is 35.5. The van der Waals surface area contributed by atoms with Crippen molar-refractivity contribution in [3.8, 4) is 11.9 Å². The fraction of sp³-hybridized carbons (Fsp3) is 0. The number of nitriles is 1. The average molecular weight is 220 g/mol. The summed E-state index contributed by atoms with van der Waals surface area (Å²) in [6.07, 6.45) is 3.09. The molecule has 0 aliphatic carbocycles. The Morgan fingerprint density at radius 3 is 2.93 bits per heavy atom. The lowest BCUT2D eigenvalue weighted by atomic mass is 10.3. The van der Waals surface area contributed by atoms with Crippen molar-refractivity contribution in [3.63, 3.8) is 0 Å². The van der Waals surface area contributed by atoms with Crippen LogP contribution >= 0.6 is 11.6 Å². The number of pyridine rings is 1. The molecule has 0 saturated heterocycles. The standard InChI is InChI=1S/C9H6ClN5/c10-7-5-15(14-8(7)12)9-6(4-11)2-1-3-13-9/h1-3,5H,(H2,12,14). The summed E-state index contributed by atoms with van der Waals surface area (Å²) in [4.78, 5) is 4.04. The van der Waals surface area contributed by atoms with Crippen molar-refractivity contribution in [2.24, 2.45) is 0 Å². The minimum Gasteiger partial charge on any atom is -0.381 e. The van der Waals surface area contributed by atoms with Crippen LogP contribution in [0.1, 0.15) is 5.56 Å². The van der Waals surface area contributed by atoms with Gasteiger partial charge in [0.2, 0.25) is 0 Å². The van der Waals surface area contributed by atoms with E-state index in [1.807, 2.05) is 6.07 Å². The summed E-state index contributed by atoms with van der Waals surface area (Å²) in [6, 6.07) is 5.34. The molecule has 6 heteroatoms. The third kappa shape index (κ3) is 1.63. The van der Waals surface area contributed by atoms with Crippen LogP contribution in [0, 0.1) is 11.3 Å². The molecule has 5 nitrogen and oxygen atoms in total. The van der Waals surface area contributed by atoms with Crippen LogP contribution in [0.3, 0.4) is 0 Å². The van der Waals surface area contributed by atoms with Gasteiger partial charge in [-0.3, -0.25) is 0 Å². The van der Waals surface area contributed by atoms with Gasteiger partial charge in [-0.25, -0.2) is 9.67 Å². The Bertz CT molecular complexity index is 520. The van der Waals surface area contributed by atoms with Gasteiger partial charge < -0.3 is 5.73 Å². The SMILES string of the molecule is N#Cc1cccnc1-n1cc(Cl)c(N)n1. The maximum atomic E-state index is 8.86. The minimum absolute atomic E-state index is 0.214. The summed E-state index contributed by atoms with van der Waals surface area (Å²) in [5.41, 5.74) is 5.91. The molecule has 74 valence electrons. The highest BCUT2D eigenvalue weighted by molar-refractivity contribution is 6.32. The fourth-order valence-corrected chi connectivity index (χ4v) is 1.27. The predicted octanol–water partition coefficient (Wildman–Crippen LogP) is 1.37. The number of nitrogen functional groups attached to an aromatic ring is 1. The molecule has 2 rings (SSSR count). The number of rotatable bonds is 1. The van der Waals surface area contributed by atoms with Crippen LogP contribution in [0.25, 0.3) is 5.82 Å². The van der Waals surface area contributed by atoms with Gasteiger partial charge in [-0.15, -0.1) is 5.10 Å². The second-order valence-corrected chi connectivity index (χ2v) is 3.20. The van der Waals surface area contributed by atoms with Crippen molar-refractivity contribution in [2.75, 3.05) is 5.73 Å². The van der Waals surface area contributed by atoms with Crippen molar-refractivity contribution in [3.05, 3.63) is 35.1 Å². The first kappa shape index (κ1) is 9.49. The van der Waals surface area contributed by atoms with Gasteiger partial charge in [-0.2, -0.15) is 5.26 Å². The summed E-state index contributed by atoms with van der Waals surface area (Å²) in [5.74, 6) is 0.629. The zero-order chi connectivity index (χ0) is 10.8. The van der Waals surface area contributed by atoms with Crippen molar-refractivity contribution >= 4 is 17.4 Å². The Balaban J connectivity index is 2.59. The molecule has 0 aliphatic heterocycles. The molecule has 2 N–H and O–H groups in total. The van der Waals surface area contributed by atoms with Crippen molar-refractivity contribution in [1.82, 2.24) is 14.8 Å². The molecule has 0 bridgehead atoms. The van der Waals surface area contributed by atoms with E-state index in [0.717, 1.165) is 0 Å². The quantitative estimate of drug-likeness (QED) is 0.786. The summed E-state index contributed by atoms with van der Waals surface area (Å²) in [5, 5.41) is 13.1. The topological polar surface area (TPSA) is 80.5 Å². The first-order chi connectivity index (χ1) is 7.22. The molecule has 0 aliphatic rings. The van der Waals surface area contributed by atoms with E-state index in [-0.39, 0.29) is 5.82 Å². The molecule has 0 aromatic carbocycles. The van der Waals surface area contributed by atoms with E-state index in [4.69, 9.17) is 22.6 Å². The summed E-state index contributed by atoms with van der Waals surface area (Å²) < 4.78 is 1.39. The first-order valence-electron chi connectivity index (χ1n) is 4.08. The second-order valence-electron chi connectivity index (χ2n) is 2.79. The fourth-order valence-electron chi connectivity index (χ4n) is 1.14. The monoisotopic (exact) mass is 219 g/mol. The van der Waals surface area contributed by atoms with E-state index in [9.17, 15) is 0 Å². The number of hydrogen-bond donors (Lipinski definition) is 1. The molecular formula is C9H6ClN5. The smallest absolute Gasteiger partial charge is 0.171 e. The van der Waals surface area contributed by atoms with Gasteiger partial charge in [0.05, 0.1) is 11.8 Å². The van der Waals surface area contributed by atoms with E-state index in [1.165, 1.54) is 10.9 Å². The summed E-state index contributed by atoms with van der Waals surface area (Å²) in [6.45, 7) is 0. The van der Waals surface area contributed by atoms with Gasteiger partial charge in [0, 0.05) is 6.20 Å². The van der Waals surface area contributed by atoms with E-state index >= 15 is 0 Å². The minimum atomic E-state index is 0.214. The van der Waals surface area contributed by atoms with Gasteiger partial charge >= 0.3 is 0 Å². The zero-order valence-corrected chi connectivity index (χ0v) is 8.31. The van der Waals surface area contributed by atoms with Crippen LogP contribution in [0.15, 0.2) is 24.5 Å². The molecule has 0 saturated carbocycles. The summed E-state index contributed by atoms with van der Waals surface area (Å²) >= 11 is 5.76. The Labute approximate surface area is 90.7 Å². The number of aromatic nitrogens is 3. The lowest BCUT2D eigenvalue weighted by Gasteiger charge is -2.00. The highest BCUT2D eigenvalue weighted by Crippen LogP contribution is 2.19. The van der Waals surface area contributed by atoms with E-state index < -0.39 is 0 Å². The molecule has 0 radical (unpaired) electrons. The third-order valence-corrected chi connectivity index (χ3v) is 2.11. The number of nitrogens with zero attached hydrogens (tertiary/aromatic N) is 4. The van der Waals surface area contributed by atoms with Crippen LogP contribution in [0.2, 0.25) is 5.02 Å². The normalized spacial score (nSPS) is 9.87. The molecule has 15 heavy (non-hydrogen) atoms. The summed E-state index contributed by atoms with van der Waals surface area (Å²) in [7, 11) is 0. The van der Waals surface area contributed by atoms with Crippen molar-refractivity contribution in [2.45, 2.75) is 0 Å². The van der Waals surface area contributed by atoms with Crippen molar-refractivity contribution in [1.29, 1.82) is 5.26 Å². The van der Waals surface area contributed by atoms with Gasteiger partial charge in [0.1, 0.15) is 11.1 Å². The molecular weight excluding hydrogens is 214 g/mol. The van der Waals surface area contributed by atoms with Gasteiger partial charge in [0.15, 0.2) is 11.6 Å². The Morgan fingerprint density at radius 2 is 2.33 bits per heavy atom. The predicted molar refractivity (Wildman–Crippen MR) is 55.5 cm³/mol. The van der Waals surface area contributed by atoms with Crippen LogP contribution in [-0.2, 0) is 0 Å². The Morgan fingerprint density at radius 1 is 1.53 bits per heavy atom. The number of hydrogen-bond acceptors (Lipinski definition) is 4. The van der Waals surface area contributed by atoms with Gasteiger partial charge in [0.25, 0.3) is 0 Å². The Kier molecular flexibility index (Phi) is 2.27. The zero-order valence-electron chi connectivity index (χ0n) is 7.55. The molecule has 2 aromatic heterocycles. The molecule has 0 fully saturated rings. The molecule has 0 spiro atoms. The van der Waals surface area contributed by atoms with Gasteiger partial charge in [-0.05, 0) is 12.1 Å². The second kappa shape index (κ2) is 3.59. The number of anilines is 1. The van der Waals surface area contributed by atoms with Crippen LogP contribution < -0.4 is 5.73 Å². The Hall–Kier alpha value is -2.06.